The minimum Gasteiger partial charge on any atom is -0.436 e. The van der Waals surface area contributed by atoms with Gasteiger partial charge in [-0.1, -0.05) is 23.7 Å². The summed E-state index contributed by atoms with van der Waals surface area (Å²) in [6.07, 6.45) is 2.26. The lowest BCUT2D eigenvalue weighted by Crippen LogP contribution is -2.44. The summed E-state index contributed by atoms with van der Waals surface area (Å²) in [6, 6.07) is 17.4. The first-order chi connectivity index (χ1) is 14.2. The van der Waals surface area contributed by atoms with Gasteiger partial charge in [0.2, 0.25) is 0 Å². The van der Waals surface area contributed by atoms with E-state index in [1.165, 1.54) is 44.7 Å². The van der Waals surface area contributed by atoms with Crippen molar-refractivity contribution >= 4 is 11.6 Å². The molecule has 3 aromatic rings. The van der Waals surface area contributed by atoms with Gasteiger partial charge in [0.05, 0.1) is 6.07 Å². The number of benzene rings is 2. The van der Waals surface area contributed by atoms with Crippen molar-refractivity contribution < 1.29 is 9.26 Å². The number of ether oxygens (including phenoxy) is 1. The molecule has 1 saturated heterocycles. The second kappa shape index (κ2) is 9.44. The van der Waals surface area contributed by atoms with E-state index in [9.17, 15) is 0 Å². The summed E-state index contributed by atoms with van der Waals surface area (Å²) in [6.45, 7) is 5.87. The summed E-state index contributed by atoms with van der Waals surface area (Å²) < 4.78 is 11.2. The molecule has 1 aromatic heterocycles. The number of nitrogens with zero attached hydrogens (tertiary/aromatic N) is 3. The Morgan fingerprint density at radius 1 is 1.00 bits per heavy atom. The molecule has 0 amide bonds. The summed E-state index contributed by atoms with van der Waals surface area (Å²) in [5.41, 5.74) is 2.24. The van der Waals surface area contributed by atoms with Gasteiger partial charge in [0.1, 0.15) is 5.75 Å². The van der Waals surface area contributed by atoms with E-state index >= 15 is 0 Å². The molecule has 1 aliphatic rings. The van der Waals surface area contributed by atoms with Crippen LogP contribution in [0.2, 0.25) is 5.02 Å². The van der Waals surface area contributed by atoms with Crippen molar-refractivity contribution in [1.82, 2.24) is 15.0 Å². The second-order valence-corrected chi connectivity index (χ2v) is 7.97. The van der Waals surface area contributed by atoms with E-state index in [1.807, 2.05) is 36.4 Å². The lowest BCUT2D eigenvalue weighted by atomic mass is 10.1. The van der Waals surface area contributed by atoms with E-state index in [2.05, 4.69) is 34.1 Å². The monoisotopic (exact) mass is 411 g/mol. The first-order valence-electron chi connectivity index (χ1n) is 10.1. The Bertz CT molecular complexity index is 901. The van der Waals surface area contributed by atoms with Gasteiger partial charge in [0, 0.05) is 36.8 Å². The molecule has 1 fully saturated rings. The van der Waals surface area contributed by atoms with E-state index < -0.39 is 0 Å². The smallest absolute Gasteiger partial charge is 0.260 e. The van der Waals surface area contributed by atoms with Gasteiger partial charge in [-0.3, -0.25) is 0 Å². The molecular weight excluding hydrogens is 386 g/mol. The van der Waals surface area contributed by atoms with Gasteiger partial charge in [-0.25, -0.2) is 0 Å². The van der Waals surface area contributed by atoms with Gasteiger partial charge >= 0.3 is 0 Å². The molecule has 4 rings (SSSR count). The molecule has 0 bridgehead atoms. The number of likely N-dealkylation sites (N-methyl/N-ethyl adjacent to an activating group) is 1. The molecule has 0 atom stereocenters. The van der Waals surface area contributed by atoms with Gasteiger partial charge in [-0.15, -0.1) is 0 Å². The SMILES string of the molecule is CN1CCN(CCCc2ccc(Oc3cc(-c4ccc(Cl)cc4)on3)cc2)CC1. The minimum absolute atomic E-state index is 0.442. The van der Waals surface area contributed by atoms with E-state index in [4.69, 9.17) is 20.9 Å². The van der Waals surface area contributed by atoms with E-state index in [0.717, 1.165) is 17.7 Å². The Morgan fingerprint density at radius 2 is 1.72 bits per heavy atom. The highest BCUT2D eigenvalue weighted by atomic mass is 35.5. The van der Waals surface area contributed by atoms with E-state index in [-0.39, 0.29) is 0 Å². The van der Waals surface area contributed by atoms with Crippen LogP contribution >= 0.6 is 11.6 Å². The quantitative estimate of drug-likeness (QED) is 0.549. The van der Waals surface area contributed by atoms with Crippen LogP contribution in [-0.4, -0.2) is 54.7 Å². The fraction of sp³-hybridized carbons (Fsp3) is 0.348. The van der Waals surface area contributed by atoms with Gasteiger partial charge in [0.15, 0.2) is 5.76 Å². The van der Waals surface area contributed by atoms with Crippen molar-refractivity contribution in [2.24, 2.45) is 0 Å². The zero-order valence-corrected chi connectivity index (χ0v) is 17.4. The van der Waals surface area contributed by atoms with Crippen LogP contribution in [0.4, 0.5) is 0 Å². The summed E-state index contributed by atoms with van der Waals surface area (Å²) in [5, 5.41) is 4.69. The molecule has 5 nitrogen and oxygen atoms in total. The largest absolute Gasteiger partial charge is 0.436 e. The zero-order valence-electron chi connectivity index (χ0n) is 16.7. The number of aromatic nitrogens is 1. The molecule has 0 unspecified atom stereocenters. The third-order valence-corrected chi connectivity index (χ3v) is 5.55. The van der Waals surface area contributed by atoms with Crippen molar-refractivity contribution in [2.75, 3.05) is 39.8 Å². The molecule has 0 saturated carbocycles. The van der Waals surface area contributed by atoms with Crippen LogP contribution in [0, 0.1) is 0 Å². The number of hydrogen-bond donors (Lipinski definition) is 0. The number of rotatable bonds is 7. The molecule has 29 heavy (non-hydrogen) atoms. The molecule has 0 N–H and O–H groups in total. The summed E-state index contributed by atoms with van der Waals surface area (Å²) in [7, 11) is 2.19. The molecule has 1 aliphatic heterocycles. The molecule has 0 spiro atoms. The molecule has 0 aliphatic carbocycles. The highest BCUT2D eigenvalue weighted by Crippen LogP contribution is 2.28. The maximum absolute atomic E-state index is 5.93. The molecule has 0 radical (unpaired) electrons. The van der Waals surface area contributed by atoms with Crippen molar-refractivity contribution in [3.8, 4) is 23.0 Å². The van der Waals surface area contributed by atoms with Crippen LogP contribution in [0.5, 0.6) is 11.6 Å². The number of halogens is 1. The van der Waals surface area contributed by atoms with Gasteiger partial charge in [-0.05, 0) is 73.6 Å². The molecule has 6 heteroatoms. The van der Waals surface area contributed by atoms with E-state index in [0.29, 0.717) is 16.7 Å². The fourth-order valence-corrected chi connectivity index (χ4v) is 3.61. The molecular formula is C23H26ClN3O2. The minimum atomic E-state index is 0.442. The lowest BCUT2D eigenvalue weighted by molar-refractivity contribution is 0.153. The Labute approximate surface area is 176 Å². The average molecular weight is 412 g/mol. The number of hydrogen-bond acceptors (Lipinski definition) is 5. The topological polar surface area (TPSA) is 41.7 Å². The van der Waals surface area contributed by atoms with Crippen LogP contribution in [-0.2, 0) is 6.42 Å². The van der Waals surface area contributed by atoms with Crippen molar-refractivity contribution in [3.63, 3.8) is 0 Å². The highest BCUT2D eigenvalue weighted by Gasteiger charge is 2.13. The Kier molecular flexibility index (Phi) is 6.49. The third kappa shape index (κ3) is 5.60. The van der Waals surface area contributed by atoms with Crippen LogP contribution < -0.4 is 4.74 Å². The molecule has 152 valence electrons. The normalized spacial score (nSPS) is 15.5. The Hall–Kier alpha value is -2.34. The summed E-state index contributed by atoms with van der Waals surface area (Å²) >= 11 is 5.93. The maximum Gasteiger partial charge on any atom is 0.260 e. The fourth-order valence-electron chi connectivity index (χ4n) is 3.48. The van der Waals surface area contributed by atoms with Gasteiger partial charge in [-0.2, -0.15) is 0 Å². The number of aryl methyl sites for hydroxylation is 1. The van der Waals surface area contributed by atoms with Crippen LogP contribution in [0.15, 0.2) is 59.1 Å². The molecule has 2 aromatic carbocycles. The Morgan fingerprint density at radius 3 is 2.45 bits per heavy atom. The predicted octanol–water partition coefficient (Wildman–Crippen LogP) is 4.97. The first-order valence-corrected chi connectivity index (χ1v) is 10.4. The van der Waals surface area contributed by atoms with Crippen LogP contribution in [0.3, 0.4) is 0 Å². The second-order valence-electron chi connectivity index (χ2n) is 7.53. The standard InChI is InChI=1S/C23H26ClN3O2/c1-26-13-15-27(16-14-26)12-2-3-18-4-10-21(11-5-18)28-23-17-22(29-25-23)19-6-8-20(24)9-7-19/h4-11,17H,2-3,12-16H2,1H3. The Balaban J connectivity index is 1.27. The highest BCUT2D eigenvalue weighted by molar-refractivity contribution is 6.30. The van der Waals surface area contributed by atoms with Crippen molar-refractivity contribution in [1.29, 1.82) is 0 Å². The summed E-state index contributed by atoms with van der Waals surface area (Å²) in [4.78, 5) is 4.95. The first kappa shape index (κ1) is 20.0. The average Bonchev–Trinajstić information content (AvgIpc) is 3.20. The van der Waals surface area contributed by atoms with Crippen LogP contribution in [0.1, 0.15) is 12.0 Å². The zero-order chi connectivity index (χ0) is 20.1. The lowest BCUT2D eigenvalue weighted by Gasteiger charge is -2.32. The summed E-state index contributed by atoms with van der Waals surface area (Å²) in [5.74, 6) is 1.85. The van der Waals surface area contributed by atoms with Crippen molar-refractivity contribution in [3.05, 3.63) is 65.2 Å². The molecule has 2 heterocycles. The predicted molar refractivity (Wildman–Crippen MR) is 116 cm³/mol. The third-order valence-electron chi connectivity index (χ3n) is 5.30. The van der Waals surface area contributed by atoms with Crippen molar-refractivity contribution in [2.45, 2.75) is 12.8 Å². The maximum atomic E-state index is 5.93. The van der Waals surface area contributed by atoms with Gasteiger partial charge in [0.25, 0.3) is 5.88 Å². The number of piperazine rings is 1. The van der Waals surface area contributed by atoms with Gasteiger partial charge < -0.3 is 19.1 Å². The van der Waals surface area contributed by atoms with E-state index in [1.54, 1.807) is 6.07 Å². The van der Waals surface area contributed by atoms with Crippen LogP contribution in [0.25, 0.3) is 11.3 Å².